The highest BCUT2D eigenvalue weighted by atomic mass is 32.2. The third kappa shape index (κ3) is 4.61. The molecule has 0 radical (unpaired) electrons. The van der Waals surface area contributed by atoms with Gasteiger partial charge in [0.1, 0.15) is 10.6 Å². The SMILES string of the molecule is CCC(C)N(Cc1ccccc1)C(=O)c1cc(S(=O)(=O)N2CCSCC2)c[nH]1. The molecule has 1 amide bonds. The standard InChI is InChI=1S/C20H27N3O3S2/c1-3-16(2)23(15-17-7-5-4-6-8-17)20(24)19-13-18(14-21-19)28(25,26)22-9-11-27-12-10-22/h4-8,13-14,16,21H,3,9-12,15H2,1-2H3. The minimum absolute atomic E-state index is 0.0372. The summed E-state index contributed by atoms with van der Waals surface area (Å²) >= 11 is 1.76. The monoisotopic (exact) mass is 421 g/mol. The van der Waals surface area contributed by atoms with Gasteiger partial charge in [0.2, 0.25) is 10.0 Å². The first-order valence-electron chi connectivity index (χ1n) is 9.54. The van der Waals surface area contributed by atoms with Crippen LogP contribution < -0.4 is 0 Å². The van der Waals surface area contributed by atoms with Crippen LogP contribution >= 0.6 is 11.8 Å². The number of hydrogen-bond donors (Lipinski definition) is 1. The van der Waals surface area contributed by atoms with Crippen molar-refractivity contribution in [3.8, 4) is 0 Å². The van der Waals surface area contributed by atoms with Gasteiger partial charge < -0.3 is 9.88 Å². The van der Waals surface area contributed by atoms with Crippen molar-refractivity contribution >= 4 is 27.7 Å². The molecule has 1 fully saturated rings. The van der Waals surface area contributed by atoms with E-state index in [1.54, 1.807) is 16.7 Å². The lowest BCUT2D eigenvalue weighted by Gasteiger charge is -2.28. The van der Waals surface area contributed by atoms with Gasteiger partial charge in [0.25, 0.3) is 5.91 Å². The van der Waals surface area contributed by atoms with Crippen LogP contribution in [0.4, 0.5) is 0 Å². The Kier molecular flexibility index (Phi) is 6.85. The van der Waals surface area contributed by atoms with E-state index in [4.69, 9.17) is 0 Å². The Labute approximate surface area is 171 Å². The quantitative estimate of drug-likeness (QED) is 0.745. The van der Waals surface area contributed by atoms with Crippen LogP contribution in [-0.2, 0) is 16.6 Å². The van der Waals surface area contributed by atoms with Crippen LogP contribution in [0.1, 0.15) is 36.3 Å². The second-order valence-corrected chi connectivity index (χ2v) is 10.1. The van der Waals surface area contributed by atoms with Gasteiger partial charge in [0.15, 0.2) is 0 Å². The number of aromatic amines is 1. The first kappa shape index (κ1) is 21.0. The molecule has 2 heterocycles. The molecule has 1 aliphatic rings. The first-order chi connectivity index (χ1) is 13.4. The van der Waals surface area contributed by atoms with Gasteiger partial charge in [0, 0.05) is 43.4 Å². The maximum atomic E-state index is 13.1. The van der Waals surface area contributed by atoms with Gasteiger partial charge in [-0.05, 0) is 25.0 Å². The van der Waals surface area contributed by atoms with Crippen molar-refractivity contribution in [2.24, 2.45) is 0 Å². The molecule has 0 bridgehead atoms. The molecule has 1 atom stereocenters. The zero-order valence-corrected chi connectivity index (χ0v) is 17.9. The van der Waals surface area contributed by atoms with Crippen molar-refractivity contribution < 1.29 is 13.2 Å². The Morgan fingerprint density at radius 2 is 1.93 bits per heavy atom. The molecule has 1 aliphatic heterocycles. The molecule has 1 N–H and O–H groups in total. The summed E-state index contributed by atoms with van der Waals surface area (Å²) in [4.78, 5) is 18.0. The van der Waals surface area contributed by atoms with Crippen LogP contribution in [0.2, 0.25) is 0 Å². The van der Waals surface area contributed by atoms with Gasteiger partial charge in [-0.25, -0.2) is 8.42 Å². The Balaban J connectivity index is 1.82. The van der Waals surface area contributed by atoms with E-state index >= 15 is 0 Å². The van der Waals surface area contributed by atoms with E-state index in [1.807, 2.05) is 44.2 Å². The van der Waals surface area contributed by atoms with Crippen molar-refractivity contribution in [1.82, 2.24) is 14.2 Å². The van der Waals surface area contributed by atoms with Crippen LogP contribution in [0.25, 0.3) is 0 Å². The summed E-state index contributed by atoms with van der Waals surface area (Å²) in [5.41, 5.74) is 1.35. The van der Waals surface area contributed by atoms with Crippen molar-refractivity contribution in [3.63, 3.8) is 0 Å². The maximum absolute atomic E-state index is 13.1. The fourth-order valence-corrected chi connectivity index (χ4v) is 5.74. The molecule has 2 aromatic rings. The summed E-state index contributed by atoms with van der Waals surface area (Å²) in [6.45, 7) is 5.55. The Morgan fingerprint density at radius 3 is 2.57 bits per heavy atom. The fourth-order valence-electron chi connectivity index (χ4n) is 3.17. The Hall–Kier alpha value is -1.77. The van der Waals surface area contributed by atoms with Crippen LogP contribution in [0.5, 0.6) is 0 Å². The number of benzene rings is 1. The Morgan fingerprint density at radius 1 is 1.25 bits per heavy atom. The summed E-state index contributed by atoms with van der Waals surface area (Å²) in [7, 11) is -3.57. The molecule has 0 saturated carbocycles. The molecule has 1 aromatic carbocycles. The summed E-state index contributed by atoms with van der Waals surface area (Å²) in [5.74, 6) is 1.41. The second kappa shape index (κ2) is 9.15. The number of hydrogen-bond acceptors (Lipinski definition) is 4. The predicted octanol–water partition coefficient (Wildman–Crippen LogP) is 3.19. The number of rotatable bonds is 7. The third-order valence-corrected chi connectivity index (χ3v) is 7.89. The molecule has 152 valence electrons. The topological polar surface area (TPSA) is 73.5 Å². The van der Waals surface area contributed by atoms with Crippen LogP contribution in [0, 0.1) is 0 Å². The number of nitrogens with zero attached hydrogens (tertiary/aromatic N) is 2. The molecule has 28 heavy (non-hydrogen) atoms. The minimum Gasteiger partial charge on any atom is -0.356 e. The van der Waals surface area contributed by atoms with E-state index in [2.05, 4.69) is 4.98 Å². The number of sulfonamides is 1. The molecule has 8 heteroatoms. The number of thioether (sulfide) groups is 1. The molecular formula is C20H27N3O3S2. The summed E-state index contributed by atoms with van der Waals surface area (Å²) in [6.07, 6.45) is 2.25. The number of nitrogens with one attached hydrogen (secondary N) is 1. The van der Waals surface area contributed by atoms with Crippen molar-refractivity contribution in [2.45, 2.75) is 37.8 Å². The highest BCUT2D eigenvalue weighted by Crippen LogP contribution is 2.22. The van der Waals surface area contributed by atoms with E-state index in [-0.39, 0.29) is 16.8 Å². The van der Waals surface area contributed by atoms with E-state index in [9.17, 15) is 13.2 Å². The molecule has 6 nitrogen and oxygen atoms in total. The molecule has 1 saturated heterocycles. The van der Waals surface area contributed by atoms with E-state index in [0.717, 1.165) is 23.5 Å². The second-order valence-electron chi connectivity index (χ2n) is 6.94. The Bertz CT molecular complexity index is 890. The zero-order chi connectivity index (χ0) is 20.1. The normalized spacial score (nSPS) is 16.6. The number of amides is 1. The van der Waals surface area contributed by atoms with Crippen molar-refractivity contribution in [1.29, 1.82) is 0 Å². The van der Waals surface area contributed by atoms with Gasteiger partial charge in [-0.2, -0.15) is 16.1 Å². The first-order valence-corrected chi connectivity index (χ1v) is 12.1. The molecule has 0 spiro atoms. The number of aromatic nitrogens is 1. The molecule has 1 aromatic heterocycles. The van der Waals surface area contributed by atoms with E-state index < -0.39 is 10.0 Å². The summed E-state index contributed by atoms with van der Waals surface area (Å²) in [6, 6.07) is 11.3. The minimum atomic E-state index is -3.57. The average molecular weight is 422 g/mol. The van der Waals surface area contributed by atoms with E-state index in [0.29, 0.717) is 25.3 Å². The molecule has 3 rings (SSSR count). The third-order valence-electron chi connectivity index (χ3n) is 5.07. The summed E-state index contributed by atoms with van der Waals surface area (Å²) < 4.78 is 27.2. The van der Waals surface area contributed by atoms with E-state index in [1.165, 1.54) is 16.6 Å². The number of carbonyl (C=O) groups excluding carboxylic acids is 1. The van der Waals surface area contributed by atoms with Gasteiger partial charge in [-0.3, -0.25) is 4.79 Å². The summed E-state index contributed by atoms with van der Waals surface area (Å²) in [5, 5.41) is 0. The number of carbonyl (C=O) groups is 1. The van der Waals surface area contributed by atoms with Crippen LogP contribution in [-0.4, -0.2) is 59.2 Å². The highest BCUT2D eigenvalue weighted by Gasteiger charge is 2.29. The number of H-pyrrole nitrogens is 1. The van der Waals surface area contributed by atoms with Gasteiger partial charge in [0.05, 0.1) is 0 Å². The van der Waals surface area contributed by atoms with Gasteiger partial charge >= 0.3 is 0 Å². The van der Waals surface area contributed by atoms with Crippen molar-refractivity contribution in [2.75, 3.05) is 24.6 Å². The smallest absolute Gasteiger partial charge is 0.270 e. The average Bonchev–Trinajstić information content (AvgIpc) is 3.23. The molecule has 1 unspecified atom stereocenters. The fraction of sp³-hybridized carbons (Fsp3) is 0.450. The highest BCUT2D eigenvalue weighted by molar-refractivity contribution is 7.99. The maximum Gasteiger partial charge on any atom is 0.270 e. The lowest BCUT2D eigenvalue weighted by Crippen LogP contribution is -2.38. The zero-order valence-electron chi connectivity index (χ0n) is 16.3. The molecular weight excluding hydrogens is 394 g/mol. The van der Waals surface area contributed by atoms with Gasteiger partial charge in [-0.15, -0.1) is 0 Å². The lowest BCUT2D eigenvalue weighted by molar-refractivity contribution is 0.0666. The van der Waals surface area contributed by atoms with Crippen LogP contribution in [0.15, 0.2) is 47.5 Å². The lowest BCUT2D eigenvalue weighted by atomic mass is 10.1. The predicted molar refractivity (Wildman–Crippen MR) is 113 cm³/mol. The van der Waals surface area contributed by atoms with Gasteiger partial charge in [-0.1, -0.05) is 37.3 Å². The molecule has 0 aliphatic carbocycles. The largest absolute Gasteiger partial charge is 0.356 e. The van der Waals surface area contributed by atoms with Crippen LogP contribution in [0.3, 0.4) is 0 Å². The van der Waals surface area contributed by atoms with Crippen molar-refractivity contribution in [3.05, 3.63) is 53.9 Å².